The van der Waals surface area contributed by atoms with Gasteiger partial charge in [0.15, 0.2) is 0 Å². The standard InChI is InChI=1S/C12H25NO2/c1-10(2)14-7-5-6-13-8-11(3)15-12(4)9-13/h10-12H,5-9H2,1-4H3/t11-,12+. The van der Waals surface area contributed by atoms with E-state index in [4.69, 9.17) is 9.47 Å². The molecule has 1 rings (SSSR count). The summed E-state index contributed by atoms with van der Waals surface area (Å²) in [6, 6.07) is 0. The van der Waals surface area contributed by atoms with Crippen LogP contribution in [0.3, 0.4) is 0 Å². The second-order valence-corrected chi connectivity index (χ2v) is 4.79. The van der Waals surface area contributed by atoms with Gasteiger partial charge >= 0.3 is 0 Å². The molecule has 0 bridgehead atoms. The second-order valence-electron chi connectivity index (χ2n) is 4.79. The number of ether oxygens (including phenoxy) is 2. The Morgan fingerprint density at radius 3 is 2.40 bits per heavy atom. The summed E-state index contributed by atoms with van der Waals surface area (Å²) in [7, 11) is 0. The number of hydrogen-bond donors (Lipinski definition) is 0. The van der Waals surface area contributed by atoms with Gasteiger partial charge in [0.2, 0.25) is 0 Å². The molecule has 1 aliphatic heterocycles. The van der Waals surface area contributed by atoms with Gasteiger partial charge in [-0.15, -0.1) is 0 Å². The molecule has 15 heavy (non-hydrogen) atoms. The van der Waals surface area contributed by atoms with E-state index in [1.54, 1.807) is 0 Å². The molecular formula is C12H25NO2. The predicted octanol–water partition coefficient (Wildman–Crippen LogP) is 1.91. The molecule has 0 spiro atoms. The molecule has 0 amide bonds. The summed E-state index contributed by atoms with van der Waals surface area (Å²) in [6.45, 7) is 12.6. The van der Waals surface area contributed by atoms with E-state index in [1.807, 2.05) is 0 Å². The van der Waals surface area contributed by atoms with Gasteiger partial charge in [0.25, 0.3) is 0 Å². The van der Waals surface area contributed by atoms with Gasteiger partial charge in [-0.05, 0) is 34.1 Å². The summed E-state index contributed by atoms with van der Waals surface area (Å²) in [5, 5.41) is 0. The summed E-state index contributed by atoms with van der Waals surface area (Å²) in [4.78, 5) is 2.47. The lowest BCUT2D eigenvalue weighted by Gasteiger charge is -2.35. The molecular weight excluding hydrogens is 190 g/mol. The first kappa shape index (κ1) is 12.9. The zero-order valence-electron chi connectivity index (χ0n) is 10.5. The van der Waals surface area contributed by atoms with Crippen LogP contribution in [0.1, 0.15) is 34.1 Å². The Morgan fingerprint density at radius 1 is 1.27 bits per heavy atom. The number of rotatable bonds is 5. The molecule has 2 atom stereocenters. The molecule has 3 heteroatoms. The van der Waals surface area contributed by atoms with Gasteiger partial charge in [-0.25, -0.2) is 0 Å². The zero-order valence-corrected chi connectivity index (χ0v) is 10.5. The minimum atomic E-state index is 0.354. The van der Waals surface area contributed by atoms with Crippen molar-refractivity contribution in [2.24, 2.45) is 0 Å². The summed E-state index contributed by atoms with van der Waals surface area (Å²) in [5.41, 5.74) is 0. The van der Waals surface area contributed by atoms with E-state index in [2.05, 4.69) is 32.6 Å². The highest BCUT2D eigenvalue weighted by Crippen LogP contribution is 2.10. The van der Waals surface area contributed by atoms with E-state index in [0.29, 0.717) is 18.3 Å². The lowest BCUT2D eigenvalue weighted by Crippen LogP contribution is -2.45. The van der Waals surface area contributed by atoms with Crippen LogP contribution in [0.2, 0.25) is 0 Å². The first-order valence-corrected chi connectivity index (χ1v) is 6.07. The van der Waals surface area contributed by atoms with E-state index >= 15 is 0 Å². The minimum Gasteiger partial charge on any atom is -0.379 e. The average Bonchev–Trinajstić information content (AvgIpc) is 2.10. The number of hydrogen-bond acceptors (Lipinski definition) is 3. The largest absolute Gasteiger partial charge is 0.379 e. The first-order valence-electron chi connectivity index (χ1n) is 6.07. The average molecular weight is 215 g/mol. The van der Waals surface area contributed by atoms with Crippen LogP contribution >= 0.6 is 0 Å². The maximum atomic E-state index is 5.69. The molecule has 0 saturated carbocycles. The molecule has 0 aromatic heterocycles. The van der Waals surface area contributed by atoms with Crippen molar-refractivity contribution in [1.29, 1.82) is 0 Å². The predicted molar refractivity (Wildman–Crippen MR) is 62.2 cm³/mol. The number of morpholine rings is 1. The normalized spacial score (nSPS) is 28.6. The third-order valence-corrected chi connectivity index (χ3v) is 2.57. The summed E-state index contributed by atoms with van der Waals surface area (Å²) in [5.74, 6) is 0. The molecule has 1 heterocycles. The molecule has 0 unspecified atom stereocenters. The van der Waals surface area contributed by atoms with Gasteiger partial charge < -0.3 is 9.47 Å². The molecule has 1 saturated heterocycles. The van der Waals surface area contributed by atoms with Crippen LogP contribution in [0.15, 0.2) is 0 Å². The zero-order chi connectivity index (χ0) is 11.3. The topological polar surface area (TPSA) is 21.7 Å². The van der Waals surface area contributed by atoms with Crippen molar-refractivity contribution in [3.8, 4) is 0 Å². The van der Waals surface area contributed by atoms with Crippen LogP contribution < -0.4 is 0 Å². The summed E-state index contributed by atoms with van der Waals surface area (Å²) < 4.78 is 11.2. The summed E-state index contributed by atoms with van der Waals surface area (Å²) in [6.07, 6.45) is 2.23. The van der Waals surface area contributed by atoms with Gasteiger partial charge in [0.05, 0.1) is 18.3 Å². The van der Waals surface area contributed by atoms with E-state index in [1.165, 1.54) is 0 Å². The molecule has 1 aliphatic rings. The van der Waals surface area contributed by atoms with Gasteiger partial charge in [0.1, 0.15) is 0 Å². The molecule has 90 valence electrons. The Labute approximate surface area is 93.7 Å². The fourth-order valence-electron chi connectivity index (χ4n) is 2.07. The summed E-state index contributed by atoms with van der Waals surface area (Å²) >= 11 is 0. The molecule has 0 aromatic carbocycles. The van der Waals surface area contributed by atoms with E-state index in [-0.39, 0.29) is 0 Å². The molecule has 0 aliphatic carbocycles. The van der Waals surface area contributed by atoms with Crippen LogP contribution in [0, 0.1) is 0 Å². The molecule has 0 aromatic rings. The van der Waals surface area contributed by atoms with Crippen molar-refractivity contribution in [2.75, 3.05) is 26.2 Å². The Kier molecular flexibility index (Phi) is 5.58. The van der Waals surface area contributed by atoms with Gasteiger partial charge in [-0.2, -0.15) is 0 Å². The maximum Gasteiger partial charge on any atom is 0.0678 e. The Balaban J connectivity index is 2.10. The van der Waals surface area contributed by atoms with Crippen molar-refractivity contribution in [2.45, 2.75) is 52.4 Å². The van der Waals surface area contributed by atoms with Crippen LogP contribution in [0.5, 0.6) is 0 Å². The fourth-order valence-corrected chi connectivity index (χ4v) is 2.07. The minimum absolute atomic E-state index is 0.354. The van der Waals surface area contributed by atoms with Crippen molar-refractivity contribution < 1.29 is 9.47 Å². The third kappa shape index (κ3) is 5.50. The third-order valence-electron chi connectivity index (χ3n) is 2.57. The highest BCUT2D eigenvalue weighted by molar-refractivity contribution is 4.72. The quantitative estimate of drug-likeness (QED) is 0.654. The van der Waals surface area contributed by atoms with Crippen LogP contribution in [-0.2, 0) is 9.47 Å². The number of nitrogens with zero attached hydrogens (tertiary/aromatic N) is 1. The van der Waals surface area contributed by atoms with Gasteiger partial charge in [0, 0.05) is 26.2 Å². The van der Waals surface area contributed by atoms with Gasteiger partial charge in [-0.3, -0.25) is 4.90 Å². The monoisotopic (exact) mass is 215 g/mol. The highest BCUT2D eigenvalue weighted by atomic mass is 16.5. The van der Waals surface area contributed by atoms with Crippen LogP contribution in [0.4, 0.5) is 0 Å². The SMILES string of the molecule is CC(C)OCCCN1C[C@@H](C)O[C@@H](C)C1. The van der Waals surface area contributed by atoms with Crippen molar-refractivity contribution in [3.05, 3.63) is 0 Å². The van der Waals surface area contributed by atoms with Crippen LogP contribution in [0.25, 0.3) is 0 Å². The molecule has 0 radical (unpaired) electrons. The van der Waals surface area contributed by atoms with Crippen molar-refractivity contribution in [1.82, 2.24) is 4.90 Å². The van der Waals surface area contributed by atoms with Gasteiger partial charge in [-0.1, -0.05) is 0 Å². The molecule has 3 nitrogen and oxygen atoms in total. The van der Waals surface area contributed by atoms with Crippen molar-refractivity contribution in [3.63, 3.8) is 0 Å². The molecule has 0 N–H and O–H groups in total. The Morgan fingerprint density at radius 2 is 1.87 bits per heavy atom. The second kappa shape index (κ2) is 6.46. The fraction of sp³-hybridized carbons (Fsp3) is 1.00. The van der Waals surface area contributed by atoms with Crippen molar-refractivity contribution >= 4 is 0 Å². The maximum absolute atomic E-state index is 5.69. The van der Waals surface area contributed by atoms with E-state index in [9.17, 15) is 0 Å². The molecule has 1 fully saturated rings. The lowest BCUT2D eigenvalue weighted by molar-refractivity contribution is -0.0698. The van der Waals surface area contributed by atoms with E-state index in [0.717, 1.165) is 32.7 Å². The van der Waals surface area contributed by atoms with E-state index < -0.39 is 0 Å². The Hall–Kier alpha value is -0.120. The lowest BCUT2D eigenvalue weighted by atomic mass is 10.2. The smallest absolute Gasteiger partial charge is 0.0678 e. The van der Waals surface area contributed by atoms with Crippen LogP contribution in [-0.4, -0.2) is 49.5 Å². The highest BCUT2D eigenvalue weighted by Gasteiger charge is 2.21. The first-order chi connectivity index (χ1) is 7.08. The Bertz CT molecular complexity index is 163.